The van der Waals surface area contributed by atoms with E-state index in [2.05, 4.69) is 54.5 Å². The van der Waals surface area contributed by atoms with Crippen molar-refractivity contribution in [1.82, 2.24) is 10.3 Å². The van der Waals surface area contributed by atoms with Crippen molar-refractivity contribution >= 4 is 0 Å². The molecule has 0 spiro atoms. The van der Waals surface area contributed by atoms with Gasteiger partial charge < -0.3 is 5.32 Å². The highest BCUT2D eigenvalue weighted by Gasteiger charge is 2.14. The lowest BCUT2D eigenvalue weighted by molar-refractivity contribution is 0.684. The van der Waals surface area contributed by atoms with Crippen LogP contribution in [-0.4, -0.2) is 12.0 Å². The van der Waals surface area contributed by atoms with Crippen LogP contribution in [0.25, 0.3) is 0 Å². The SMILES string of the molecule is CNC(c1ccnc(C)c1)c1cccc(C)c1C. The Morgan fingerprint density at radius 3 is 2.56 bits per heavy atom. The number of hydrogen-bond donors (Lipinski definition) is 1. The summed E-state index contributed by atoms with van der Waals surface area (Å²) in [5.41, 5.74) is 6.34. The van der Waals surface area contributed by atoms with Gasteiger partial charge in [0, 0.05) is 11.9 Å². The molecule has 2 heteroatoms. The third-order valence-corrected chi connectivity index (χ3v) is 3.50. The van der Waals surface area contributed by atoms with E-state index in [9.17, 15) is 0 Å². The molecule has 0 aliphatic carbocycles. The van der Waals surface area contributed by atoms with Gasteiger partial charge in [0.1, 0.15) is 0 Å². The molecule has 1 aromatic heterocycles. The molecular weight excluding hydrogens is 220 g/mol. The Morgan fingerprint density at radius 2 is 1.89 bits per heavy atom. The van der Waals surface area contributed by atoms with Crippen LogP contribution in [0.15, 0.2) is 36.5 Å². The number of nitrogens with one attached hydrogen (secondary N) is 1. The minimum atomic E-state index is 0.228. The molecular formula is C16H20N2. The van der Waals surface area contributed by atoms with Gasteiger partial charge in [-0.15, -0.1) is 0 Å². The molecule has 1 atom stereocenters. The van der Waals surface area contributed by atoms with Crippen LogP contribution in [0.4, 0.5) is 0 Å². The van der Waals surface area contributed by atoms with E-state index in [0.717, 1.165) is 5.69 Å². The van der Waals surface area contributed by atoms with E-state index in [-0.39, 0.29) is 6.04 Å². The number of aryl methyl sites for hydroxylation is 2. The lowest BCUT2D eigenvalue weighted by Gasteiger charge is -2.20. The number of nitrogens with zero attached hydrogens (tertiary/aromatic N) is 1. The zero-order chi connectivity index (χ0) is 13.1. The third-order valence-electron chi connectivity index (χ3n) is 3.50. The van der Waals surface area contributed by atoms with Crippen LogP contribution in [0.1, 0.15) is 34.0 Å². The molecule has 94 valence electrons. The fourth-order valence-electron chi connectivity index (χ4n) is 2.34. The van der Waals surface area contributed by atoms with Gasteiger partial charge in [-0.05, 0) is 62.2 Å². The summed E-state index contributed by atoms with van der Waals surface area (Å²) >= 11 is 0. The largest absolute Gasteiger partial charge is 0.309 e. The molecule has 0 aliphatic rings. The van der Waals surface area contributed by atoms with Gasteiger partial charge in [-0.1, -0.05) is 18.2 Å². The Labute approximate surface area is 109 Å². The quantitative estimate of drug-likeness (QED) is 0.890. The second kappa shape index (κ2) is 5.32. The Hall–Kier alpha value is -1.67. The number of benzene rings is 1. The Kier molecular flexibility index (Phi) is 3.78. The first-order chi connectivity index (χ1) is 8.63. The van der Waals surface area contributed by atoms with Crippen LogP contribution in [0, 0.1) is 20.8 Å². The predicted octanol–water partition coefficient (Wildman–Crippen LogP) is 3.32. The lowest BCUT2D eigenvalue weighted by Crippen LogP contribution is -2.19. The highest BCUT2D eigenvalue weighted by molar-refractivity contribution is 5.40. The van der Waals surface area contributed by atoms with Crippen molar-refractivity contribution in [1.29, 1.82) is 0 Å². The number of hydrogen-bond acceptors (Lipinski definition) is 2. The molecule has 0 fully saturated rings. The Balaban J connectivity index is 2.49. The first-order valence-corrected chi connectivity index (χ1v) is 6.29. The van der Waals surface area contributed by atoms with Gasteiger partial charge in [-0.3, -0.25) is 4.98 Å². The van der Waals surface area contributed by atoms with E-state index in [4.69, 9.17) is 0 Å². The maximum absolute atomic E-state index is 4.26. The number of pyridine rings is 1. The third kappa shape index (κ3) is 2.44. The van der Waals surface area contributed by atoms with E-state index in [1.54, 1.807) is 0 Å². The van der Waals surface area contributed by atoms with Crippen molar-refractivity contribution in [2.45, 2.75) is 26.8 Å². The Bertz CT molecular complexity index is 547. The number of rotatable bonds is 3. The molecule has 1 heterocycles. The molecule has 0 saturated carbocycles. The van der Waals surface area contributed by atoms with Crippen LogP contribution in [0.3, 0.4) is 0 Å². The van der Waals surface area contributed by atoms with Crippen molar-refractivity contribution in [3.05, 3.63) is 64.5 Å². The summed E-state index contributed by atoms with van der Waals surface area (Å²) < 4.78 is 0. The maximum atomic E-state index is 4.26. The molecule has 18 heavy (non-hydrogen) atoms. The molecule has 0 amide bonds. The fourth-order valence-corrected chi connectivity index (χ4v) is 2.34. The van der Waals surface area contributed by atoms with Gasteiger partial charge in [0.15, 0.2) is 0 Å². The summed E-state index contributed by atoms with van der Waals surface area (Å²) in [6.45, 7) is 6.37. The van der Waals surface area contributed by atoms with Gasteiger partial charge in [-0.2, -0.15) is 0 Å². The van der Waals surface area contributed by atoms with Crippen LogP contribution in [-0.2, 0) is 0 Å². The van der Waals surface area contributed by atoms with E-state index in [1.807, 2.05) is 20.2 Å². The molecule has 0 saturated heterocycles. The topological polar surface area (TPSA) is 24.9 Å². The zero-order valence-electron chi connectivity index (χ0n) is 11.5. The van der Waals surface area contributed by atoms with Crippen molar-refractivity contribution in [2.75, 3.05) is 7.05 Å². The highest BCUT2D eigenvalue weighted by Crippen LogP contribution is 2.26. The fraction of sp³-hybridized carbons (Fsp3) is 0.312. The second-order valence-corrected chi connectivity index (χ2v) is 4.74. The van der Waals surface area contributed by atoms with Gasteiger partial charge in [0.25, 0.3) is 0 Å². The van der Waals surface area contributed by atoms with Gasteiger partial charge in [0.05, 0.1) is 6.04 Å². The van der Waals surface area contributed by atoms with Crippen LogP contribution in [0.5, 0.6) is 0 Å². The van der Waals surface area contributed by atoms with E-state index >= 15 is 0 Å². The smallest absolute Gasteiger partial charge is 0.0578 e. The highest BCUT2D eigenvalue weighted by atomic mass is 14.9. The van der Waals surface area contributed by atoms with Gasteiger partial charge in [-0.25, -0.2) is 0 Å². The number of aromatic nitrogens is 1. The molecule has 0 radical (unpaired) electrons. The summed E-state index contributed by atoms with van der Waals surface area (Å²) in [5, 5.41) is 3.40. The van der Waals surface area contributed by atoms with Crippen LogP contribution < -0.4 is 5.32 Å². The molecule has 2 nitrogen and oxygen atoms in total. The first-order valence-electron chi connectivity index (χ1n) is 6.29. The summed E-state index contributed by atoms with van der Waals surface area (Å²) in [6, 6.07) is 10.9. The molecule has 0 bridgehead atoms. The van der Waals surface area contributed by atoms with Crippen LogP contribution >= 0.6 is 0 Å². The van der Waals surface area contributed by atoms with Crippen molar-refractivity contribution in [3.63, 3.8) is 0 Å². The minimum absolute atomic E-state index is 0.228. The standard InChI is InChI=1S/C16H20N2/c1-11-6-5-7-15(13(11)3)16(17-4)14-8-9-18-12(2)10-14/h5-10,16-17H,1-4H3. The first kappa shape index (κ1) is 12.8. The summed E-state index contributed by atoms with van der Waals surface area (Å²) in [7, 11) is 2.00. The predicted molar refractivity (Wildman–Crippen MR) is 75.8 cm³/mol. The summed E-state index contributed by atoms with van der Waals surface area (Å²) in [4.78, 5) is 4.26. The molecule has 2 aromatic rings. The van der Waals surface area contributed by atoms with E-state index in [1.165, 1.54) is 22.3 Å². The van der Waals surface area contributed by atoms with E-state index < -0.39 is 0 Å². The molecule has 1 N–H and O–H groups in total. The lowest BCUT2D eigenvalue weighted by atomic mass is 9.93. The molecule has 2 rings (SSSR count). The maximum Gasteiger partial charge on any atom is 0.0578 e. The van der Waals surface area contributed by atoms with Crippen LogP contribution in [0.2, 0.25) is 0 Å². The van der Waals surface area contributed by atoms with Crippen molar-refractivity contribution in [3.8, 4) is 0 Å². The molecule has 1 unspecified atom stereocenters. The minimum Gasteiger partial charge on any atom is -0.309 e. The van der Waals surface area contributed by atoms with Crippen molar-refractivity contribution in [2.24, 2.45) is 0 Å². The average Bonchev–Trinajstić information content (AvgIpc) is 2.35. The zero-order valence-corrected chi connectivity index (χ0v) is 11.5. The monoisotopic (exact) mass is 240 g/mol. The van der Waals surface area contributed by atoms with Crippen molar-refractivity contribution < 1.29 is 0 Å². The summed E-state index contributed by atoms with van der Waals surface area (Å²) in [5.74, 6) is 0. The van der Waals surface area contributed by atoms with Gasteiger partial charge >= 0.3 is 0 Å². The Morgan fingerprint density at radius 1 is 1.11 bits per heavy atom. The van der Waals surface area contributed by atoms with Gasteiger partial charge in [0.2, 0.25) is 0 Å². The molecule has 1 aromatic carbocycles. The second-order valence-electron chi connectivity index (χ2n) is 4.74. The molecule has 0 aliphatic heterocycles. The van der Waals surface area contributed by atoms with E-state index in [0.29, 0.717) is 0 Å². The average molecular weight is 240 g/mol. The summed E-state index contributed by atoms with van der Waals surface area (Å²) in [6.07, 6.45) is 1.88. The normalized spacial score (nSPS) is 12.4.